The minimum atomic E-state index is -3.75. The number of fused-ring (bicyclic) bond motifs is 10. The Balaban J connectivity index is 0.000000147. The van der Waals surface area contributed by atoms with E-state index in [4.69, 9.17) is 4.74 Å². The molecule has 0 saturated carbocycles. The van der Waals surface area contributed by atoms with Crippen molar-refractivity contribution < 1.29 is 89.4 Å². The van der Waals surface area contributed by atoms with Gasteiger partial charge in [-0.25, -0.2) is 13.6 Å². The normalized spacial score (nSPS) is 22.3. The van der Waals surface area contributed by atoms with Crippen molar-refractivity contribution in [3.63, 3.8) is 0 Å². The number of carbonyl (C=O) groups excluding carboxylic acids is 5. The number of cyclic esters (lactones) is 1. The molecule has 0 saturated heterocycles. The van der Waals surface area contributed by atoms with Gasteiger partial charge in [-0.2, -0.15) is 26.3 Å². The van der Waals surface area contributed by atoms with Gasteiger partial charge in [-0.3, -0.25) is 24.2 Å². The summed E-state index contributed by atoms with van der Waals surface area (Å²) in [4.78, 5) is 65.2. The molecule has 4 aliphatic heterocycles. The summed E-state index contributed by atoms with van der Waals surface area (Å²) >= 11 is 0. The Kier molecular flexibility index (Phi) is 33.4. The SMILES string of the molecule is CC(C)C1(O)NC(=O)c2ccccc21.CC(C)C1(O)c2ccccc2C(=O)C1(F)F.CC(C)C1(O)c2ccccc2C(O)C1(F)F.CC(C)C1=CCc2ccccc21.CC(C)C1=NCc2ccccc21.CC(C)C1NC(=O)c2ccccc21.CC(C)C1OC(=O)c2ccccc21.CC(C)C1c2ccccc2C(=O)C1(F)F.CC(C)C1c2ccccc2C(O)C1(F)F.CC(C)c1[nH]cc2ccccc12. The zero-order chi connectivity index (χ0) is 102. The van der Waals surface area contributed by atoms with Crippen molar-refractivity contribution in [3.05, 3.63) is 361 Å². The van der Waals surface area contributed by atoms with Crippen molar-refractivity contribution in [2.75, 3.05) is 0 Å². The maximum atomic E-state index is 13.9. The van der Waals surface area contributed by atoms with E-state index in [1.807, 2.05) is 68.4 Å². The molecule has 15 nitrogen and oxygen atoms in total. The summed E-state index contributed by atoms with van der Waals surface area (Å²) < 4.78 is 116. The summed E-state index contributed by atoms with van der Waals surface area (Å²) in [7, 11) is 0. The van der Waals surface area contributed by atoms with Crippen LogP contribution in [-0.4, -0.2) is 89.3 Å². The number of aliphatic imine (C=N–C) groups is 1. The number of rotatable bonds is 10. The third-order valence-corrected chi connectivity index (χ3v) is 27.0. The highest BCUT2D eigenvalue weighted by molar-refractivity contribution is 6.08. The summed E-state index contributed by atoms with van der Waals surface area (Å²) in [6, 6.07) is 73.3. The molecule has 9 unspecified atom stereocenters. The molecule has 0 fully saturated rings. The quantitative estimate of drug-likeness (QED) is 0.0472. The molecule has 0 spiro atoms. The van der Waals surface area contributed by atoms with Gasteiger partial charge in [0.1, 0.15) is 18.3 Å². The predicted octanol–water partition coefficient (Wildman–Crippen LogP) is 26.1. The summed E-state index contributed by atoms with van der Waals surface area (Å²) in [6.45, 7) is 39.2. The third-order valence-electron chi connectivity index (χ3n) is 27.0. The van der Waals surface area contributed by atoms with Crippen molar-refractivity contribution in [2.45, 2.75) is 234 Å². The van der Waals surface area contributed by atoms with Crippen LogP contribution in [0.4, 0.5) is 35.1 Å². The first-order chi connectivity index (χ1) is 64.9. The molecule has 1 aromatic heterocycles. The number of benzene rings is 10. The van der Waals surface area contributed by atoms with Gasteiger partial charge in [0.25, 0.3) is 17.7 Å². The summed E-state index contributed by atoms with van der Waals surface area (Å²) in [5.74, 6) is -17.4. The molecule has 10 aromatic carbocycles. The number of alkyl halides is 8. The maximum Gasteiger partial charge on any atom is 0.342 e. The summed E-state index contributed by atoms with van der Waals surface area (Å²) in [5, 5.41) is 58.0. The first kappa shape index (κ1) is 107. The fourth-order valence-corrected chi connectivity index (χ4v) is 19.6. The van der Waals surface area contributed by atoms with E-state index in [2.05, 4.69) is 175 Å². The second-order valence-electron chi connectivity index (χ2n) is 39.6. The summed E-state index contributed by atoms with van der Waals surface area (Å²) in [6.07, 6.45) is 1.92. The Morgan fingerprint density at radius 1 is 0.391 bits per heavy atom. The van der Waals surface area contributed by atoms with Crippen LogP contribution in [0.25, 0.3) is 16.3 Å². The van der Waals surface area contributed by atoms with Crippen LogP contribution >= 0.6 is 0 Å². The van der Waals surface area contributed by atoms with Crippen LogP contribution in [0.3, 0.4) is 0 Å². The molecule has 9 aliphatic rings. The topological polar surface area (TPSA) is 248 Å². The van der Waals surface area contributed by atoms with Crippen molar-refractivity contribution >= 4 is 51.4 Å². The molecular formula is C115H130F8N4O11. The van der Waals surface area contributed by atoms with Gasteiger partial charge < -0.3 is 45.9 Å². The van der Waals surface area contributed by atoms with Crippen LogP contribution in [0.2, 0.25) is 0 Å². The molecular weight excluding hydrogens is 1770 g/mol. The Bertz CT molecular complexity index is 6110. The monoisotopic (exact) mass is 1890 g/mol. The van der Waals surface area contributed by atoms with E-state index in [1.165, 1.54) is 114 Å². The average molecular weight is 1900 g/mol. The fourth-order valence-electron chi connectivity index (χ4n) is 19.6. The lowest BCUT2D eigenvalue weighted by Gasteiger charge is -2.35. The van der Waals surface area contributed by atoms with Crippen LogP contribution in [-0.2, 0) is 34.6 Å². The standard InChI is InChI=1S/C12H14F2O2.C12H12F2O2.C12H14F2O.C12H12F2O.C12H14.C11H13NO2.C11H13NO.2C11H13N.C11H12O2/c2*1-7(2)11(16)9-6-4-3-5-8(9)10(15)12(11,13)14;2*1-7(2)10-8-5-3-4-6-9(8)11(15)12(10,13)14;1-9(2)11-8-7-10-5-3-4-6-12(10)11;1-7(2)11(14)9-6-4-3-5-8(9)10(13)12-11;1-7(2)10-8-5-3-4-6-9(8)11(13)12-10;2*1-8(2)11-10-6-4-3-5-9(10)7-12-11;1-7(2)10-8-5-3-4-6-9(8)11(12)13-10/h3-7,10,15-16H,1-2H3;3-7,16H,1-2H3;3-7,10-11,15H,1-2H3;3-7,10H,1-2H3;3-6,8-9H,7H2,1-2H3;3-7,14H,1-2H3,(H,12,13);3-7,10H,1-2H3,(H,12,13);3-6,8H,7H2,1-2H3;3-8,12H,1-2H3;3-7,10H,1-2H3. The molecule has 0 radical (unpaired) electrons. The van der Waals surface area contributed by atoms with Crippen LogP contribution in [0.1, 0.15) is 310 Å². The van der Waals surface area contributed by atoms with Crippen LogP contribution in [0.5, 0.6) is 0 Å². The number of aliphatic hydroxyl groups is 5. The van der Waals surface area contributed by atoms with Gasteiger partial charge in [0, 0.05) is 73.4 Å². The van der Waals surface area contributed by atoms with Crippen LogP contribution < -0.4 is 10.6 Å². The molecule has 2 amide bonds. The molecule has 23 heteroatoms. The second kappa shape index (κ2) is 43.3. The van der Waals surface area contributed by atoms with Crippen molar-refractivity contribution in [1.82, 2.24) is 15.6 Å². The number of halogens is 8. The van der Waals surface area contributed by atoms with Crippen molar-refractivity contribution in [3.8, 4) is 0 Å². The number of aliphatic hydroxyl groups excluding tert-OH is 2. The molecule has 138 heavy (non-hydrogen) atoms. The molecule has 8 N–H and O–H groups in total. The number of nitrogens with one attached hydrogen (secondary N) is 3. The molecule has 5 heterocycles. The molecule has 11 aromatic rings. The minimum absolute atomic E-state index is 0.0278. The lowest BCUT2D eigenvalue weighted by molar-refractivity contribution is -0.240. The number of aromatic nitrogens is 1. The van der Waals surface area contributed by atoms with E-state index < -0.39 is 88.1 Å². The van der Waals surface area contributed by atoms with Gasteiger partial charge in [0.2, 0.25) is 11.6 Å². The van der Waals surface area contributed by atoms with E-state index in [1.54, 1.807) is 107 Å². The lowest BCUT2D eigenvalue weighted by atomic mass is 9.82. The molecule has 9 atom stereocenters. The van der Waals surface area contributed by atoms with Gasteiger partial charge in [0.05, 0.1) is 30.0 Å². The summed E-state index contributed by atoms with van der Waals surface area (Å²) in [5.41, 5.74) is 10.7. The number of allylic oxidation sites excluding steroid dienone is 2. The second-order valence-corrected chi connectivity index (χ2v) is 39.6. The Morgan fingerprint density at radius 2 is 0.862 bits per heavy atom. The average Bonchev–Trinajstić information content (AvgIpc) is 1.55. The molecule has 20 rings (SSSR count). The van der Waals surface area contributed by atoms with Gasteiger partial charge in [-0.05, 0) is 139 Å². The minimum Gasteiger partial charge on any atom is -0.454 e. The van der Waals surface area contributed by atoms with Gasteiger partial charge in [0.15, 0.2) is 16.9 Å². The van der Waals surface area contributed by atoms with Crippen LogP contribution in [0.15, 0.2) is 260 Å². The number of carbonyl (C=O) groups is 5. The maximum absolute atomic E-state index is 13.9. The first-order valence-electron chi connectivity index (χ1n) is 47.5. The Hall–Kier alpha value is -11.9. The highest BCUT2D eigenvalue weighted by Gasteiger charge is 2.68. The highest BCUT2D eigenvalue weighted by Crippen LogP contribution is 2.59. The number of nitrogens with zero attached hydrogens (tertiary/aromatic N) is 1. The highest BCUT2D eigenvalue weighted by atomic mass is 19.3. The number of ketones is 2. The molecule has 0 bridgehead atoms. The number of aromatic amines is 1. The number of H-pyrrole nitrogens is 1. The van der Waals surface area contributed by atoms with Crippen molar-refractivity contribution in [1.29, 1.82) is 0 Å². The number of ether oxygens (including phenoxy) is 1. The van der Waals surface area contributed by atoms with Crippen molar-refractivity contribution in [2.24, 2.45) is 58.3 Å². The number of hydrogen-bond donors (Lipinski definition) is 8. The molecule has 5 aliphatic carbocycles. The smallest absolute Gasteiger partial charge is 0.342 e. The van der Waals surface area contributed by atoms with E-state index in [9.17, 15) is 84.6 Å². The molecule has 732 valence electrons. The van der Waals surface area contributed by atoms with E-state index in [-0.39, 0.29) is 75.5 Å². The van der Waals surface area contributed by atoms with E-state index >= 15 is 0 Å². The predicted molar refractivity (Wildman–Crippen MR) is 527 cm³/mol. The largest absolute Gasteiger partial charge is 0.454 e. The number of esters is 1. The fraction of sp³-hybridized carbons (Fsp3) is 0.391. The number of Topliss-reactive ketones (excluding diaryl/α,β-unsaturated/α-hetero) is 2. The van der Waals surface area contributed by atoms with Gasteiger partial charge >= 0.3 is 23.7 Å². The zero-order valence-electron chi connectivity index (χ0n) is 82.1. The Morgan fingerprint density at radius 3 is 1.41 bits per heavy atom. The number of amides is 2. The number of hydrogen-bond acceptors (Lipinski definition) is 12. The third kappa shape index (κ3) is 20.9. The van der Waals surface area contributed by atoms with E-state index in [0.717, 1.165) is 35.2 Å². The lowest BCUT2D eigenvalue weighted by Crippen LogP contribution is -2.48. The van der Waals surface area contributed by atoms with Gasteiger partial charge in [-0.1, -0.05) is 369 Å². The van der Waals surface area contributed by atoms with Crippen LogP contribution in [0, 0.1) is 53.3 Å². The van der Waals surface area contributed by atoms with E-state index in [0.29, 0.717) is 57.4 Å². The zero-order valence-corrected chi connectivity index (χ0v) is 82.1. The Labute approximate surface area is 805 Å². The van der Waals surface area contributed by atoms with Gasteiger partial charge in [-0.15, -0.1) is 0 Å². The first-order valence-corrected chi connectivity index (χ1v) is 47.5.